The first kappa shape index (κ1) is 28.3. The molecule has 0 saturated carbocycles. The third-order valence-electron chi connectivity index (χ3n) is 7.29. The number of carbonyl (C=O) groups is 1. The van der Waals surface area contributed by atoms with Crippen molar-refractivity contribution in [2.45, 2.75) is 26.6 Å². The van der Waals surface area contributed by atoms with Gasteiger partial charge in [-0.25, -0.2) is 9.37 Å². The number of halogens is 4. The molecule has 0 radical (unpaired) electrons. The Balaban J connectivity index is 1.40. The Morgan fingerprint density at radius 3 is 2.51 bits per heavy atom. The van der Waals surface area contributed by atoms with E-state index in [0.29, 0.717) is 30.0 Å². The van der Waals surface area contributed by atoms with Crippen molar-refractivity contribution in [1.82, 2.24) is 19.2 Å². The van der Waals surface area contributed by atoms with Crippen LogP contribution < -0.4 is 5.32 Å². The number of nitrogens with one attached hydrogen (secondary N) is 1. The quantitative estimate of drug-likeness (QED) is 0.263. The second kappa shape index (κ2) is 11.4. The Labute approximate surface area is 235 Å². The van der Waals surface area contributed by atoms with Gasteiger partial charge in [-0.3, -0.25) is 14.1 Å². The van der Waals surface area contributed by atoms with Crippen LogP contribution in [0.25, 0.3) is 5.65 Å². The number of nitrogens with zero attached hydrogens (tertiary/aromatic N) is 4. The number of hydrogen-bond acceptors (Lipinski definition) is 4. The molecule has 2 aromatic carbocycles. The molecule has 3 heterocycles. The number of benzene rings is 2. The summed E-state index contributed by atoms with van der Waals surface area (Å²) in [5.74, 6) is 4.58. The van der Waals surface area contributed by atoms with Gasteiger partial charge in [0.2, 0.25) is 0 Å². The normalized spacial score (nSPS) is 14.6. The fourth-order valence-corrected chi connectivity index (χ4v) is 4.84. The molecule has 1 amide bonds. The first-order valence-electron chi connectivity index (χ1n) is 13.2. The Morgan fingerprint density at radius 1 is 1.02 bits per heavy atom. The molecule has 212 valence electrons. The van der Waals surface area contributed by atoms with E-state index < -0.39 is 23.5 Å². The summed E-state index contributed by atoms with van der Waals surface area (Å²) >= 11 is 0. The number of hydrogen-bond donors (Lipinski definition) is 1. The fourth-order valence-electron chi connectivity index (χ4n) is 4.84. The molecule has 1 aliphatic heterocycles. The maximum atomic E-state index is 14.8. The second-order valence-corrected chi connectivity index (χ2v) is 10.3. The molecule has 6 nitrogen and oxygen atoms in total. The lowest BCUT2D eigenvalue weighted by Gasteiger charge is -2.33. The lowest BCUT2D eigenvalue weighted by molar-refractivity contribution is -0.138. The maximum absolute atomic E-state index is 14.8. The first-order valence-corrected chi connectivity index (χ1v) is 13.2. The molecule has 2 aromatic heterocycles. The summed E-state index contributed by atoms with van der Waals surface area (Å²) < 4.78 is 58.6. The van der Waals surface area contributed by atoms with Crippen LogP contribution in [0.5, 0.6) is 0 Å². The number of imidazole rings is 1. The van der Waals surface area contributed by atoms with Crippen LogP contribution in [0.4, 0.5) is 23.2 Å². The molecule has 1 saturated heterocycles. The predicted molar refractivity (Wildman–Crippen MR) is 149 cm³/mol. The summed E-state index contributed by atoms with van der Waals surface area (Å²) in [5.41, 5.74) is 1.85. The van der Waals surface area contributed by atoms with Crippen LogP contribution in [0.2, 0.25) is 0 Å². The number of carbonyl (C=O) groups excluding carboxylic acids is 1. The van der Waals surface area contributed by atoms with Crippen molar-refractivity contribution in [2.24, 2.45) is 0 Å². The minimum Gasteiger partial charge on any atom is -0.322 e. The molecule has 1 N–H and O–H groups in total. The van der Waals surface area contributed by atoms with Crippen molar-refractivity contribution >= 4 is 17.2 Å². The Morgan fingerprint density at radius 2 is 1.78 bits per heavy atom. The van der Waals surface area contributed by atoms with Crippen LogP contribution in [-0.2, 0) is 12.7 Å². The van der Waals surface area contributed by atoms with Gasteiger partial charge in [0.1, 0.15) is 17.2 Å². The van der Waals surface area contributed by atoms with E-state index in [0.717, 1.165) is 30.9 Å². The molecule has 4 aromatic rings. The van der Waals surface area contributed by atoms with Crippen LogP contribution >= 0.6 is 0 Å². The van der Waals surface area contributed by atoms with E-state index >= 15 is 0 Å². The molecule has 1 fully saturated rings. The summed E-state index contributed by atoms with van der Waals surface area (Å²) in [4.78, 5) is 21.6. The summed E-state index contributed by atoms with van der Waals surface area (Å²) in [6, 6.07) is 11.8. The van der Waals surface area contributed by atoms with Crippen molar-refractivity contribution in [3.05, 3.63) is 99.8 Å². The molecule has 0 unspecified atom stereocenters. The smallest absolute Gasteiger partial charge is 0.322 e. The highest BCUT2D eigenvalue weighted by Crippen LogP contribution is 2.35. The van der Waals surface area contributed by atoms with Gasteiger partial charge in [0, 0.05) is 61.3 Å². The number of aromatic nitrogens is 2. The van der Waals surface area contributed by atoms with Crippen LogP contribution in [-0.4, -0.2) is 58.3 Å². The lowest BCUT2D eigenvalue weighted by Crippen LogP contribution is -2.44. The van der Waals surface area contributed by atoms with Gasteiger partial charge in [0.05, 0.1) is 11.3 Å². The van der Waals surface area contributed by atoms with Gasteiger partial charge in [-0.05, 0) is 68.8 Å². The Hall–Kier alpha value is -4.20. The van der Waals surface area contributed by atoms with Gasteiger partial charge in [-0.2, -0.15) is 13.2 Å². The van der Waals surface area contributed by atoms with Gasteiger partial charge in [0.25, 0.3) is 5.91 Å². The monoisotopic (exact) mass is 563 g/mol. The average molecular weight is 564 g/mol. The number of piperazine rings is 1. The highest BCUT2D eigenvalue weighted by molar-refractivity contribution is 6.04. The Kier molecular flexibility index (Phi) is 7.84. The number of aryl methyl sites for hydroxylation is 1. The summed E-state index contributed by atoms with van der Waals surface area (Å²) in [6.07, 6.45) is -2.78. The van der Waals surface area contributed by atoms with Crippen LogP contribution in [0.15, 0.2) is 54.7 Å². The number of alkyl halides is 3. The minimum absolute atomic E-state index is 0.0283. The third-order valence-corrected chi connectivity index (χ3v) is 7.29. The standard InChI is InChI=1S/C31H29F4N5O/c1-20-22(8-10-28-21(2)36-29-6-4-5-11-40(28)29)16-24(17-27(20)32)30(41)37-25-9-7-23(26(18-25)31(33,34)35)19-39-14-12-38(3)13-15-39/h4-7,9,11,16-18H,12-15,19H2,1-3H3,(H,37,41). The molecule has 41 heavy (non-hydrogen) atoms. The van der Waals surface area contributed by atoms with Crippen molar-refractivity contribution in [3.8, 4) is 11.8 Å². The van der Waals surface area contributed by atoms with E-state index in [1.54, 1.807) is 6.92 Å². The largest absolute Gasteiger partial charge is 0.416 e. The zero-order chi connectivity index (χ0) is 29.3. The number of pyridine rings is 1. The number of anilines is 1. The number of rotatable bonds is 4. The molecule has 0 atom stereocenters. The van der Waals surface area contributed by atoms with E-state index in [1.807, 2.05) is 47.7 Å². The van der Waals surface area contributed by atoms with Crippen molar-refractivity contribution in [2.75, 3.05) is 38.5 Å². The predicted octanol–water partition coefficient (Wildman–Crippen LogP) is 5.51. The van der Waals surface area contributed by atoms with E-state index in [2.05, 4.69) is 27.0 Å². The fraction of sp³-hybridized carbons (Fsp3) is 0.290. The van der Waals surface area contributed by atoms with Gasteiger partial charge < -0.3 is 10.2 Å². The maximum Gasteiger partial charge on any atom is 0.416 e. The highest BCUT2D eigenvalue weighted by atomic mass is 19.4. The van der Waals surface area contributed by atoms with Gasteiger partial charge >= 0.3 is 6.18 Å². The lowest BCUT2D eigenvalue weighted by atomic mass is 10.0. The number of likely N-dealkylation sites (N-methyl/N-ethyl adjacent to an activating group) is 1. The first-order chi connectivity index (χ1) is 19.5. The molecule has 0 aliphatic carbocycles. The Bertz CT molecular complexity index is 1670. The molecule has 1 aliphatic rings. The number of fused-ring (bicyclic) bond motifs is 1. The van der Waals surface area contributed by atoms with Crippen LogP contribution in [0, 0.1) is 31.5 Å². The molecule has 0 spiro atoms. The van der Waals surface area contributed by atoms with Crippen molar-refractivity contribution < 1.29 is 22.4 Å². The zero-order valence-corrected chi connectivity index (χ0v) is 22.9. The zero-order valence-electron chi connectivity index (χ0n) is 22.9. The van der Waals surface area contributed by atoms with Gasteiger partial charge in [-0.1, -0.05) is 18.1 Å². The highest BCUT2D eigenvalue weighted by Gasteiger charge is 2.34. The van der Waals surface area contributed by atoms with E-state index in [4.69, 9.17) is 0 Å². The van der Waals surface area contributed by atoms with Gasteiger partial charge in [0.15, 0.2) is 0 Å². The van der Waals surface area contributed by atoms with E-state index in [1.165, 1.54) is 18.2 Å². The average Bonchev–Trinajstić information content (AvgIpc) is 3.25. The molecule has 0 bridgehead atoms. The third kappa shape index (κ3) is 6.26. The summed E-state index contributed by atoms with van der Waals surface area (Å²) in [6.45, 7) is 6.45. The minimum atomic E-state index is -4.60. The SMILES string of the molecule is Cc1nc2ccccn2c1C#Cc1cc(C(=O)Nc2ccc(CN3CCN(C)CC3)c(C(F)(F)F)c2)cc(F)c1C. The van der Waals surface area contributed by atoms with Crippen LogP contribution in [0.3, 0.4) is 0 Å². The molecule has 5 rings (SSSR count). The summed E-state index contributed by atoms with van der Waals surface area (Å²) in [5, 5.41) is 2.50. The van der Waals surface area contributed by atoms with Crippen molar-refractivity contribution in [3.63, 3.8) is 0 Å². The summed E-state index contributed by atoms with van der Waals surface area (Å²) in [7, 11) is 1.98. The molecular formula is C31H29F4N5O. The van der Waals surface area contributed by atoms with E-state index in [9.17, 15) is 22.4 Å². The second-order valence-electron chi connectivity index (χ2n) is 10.3. The van der Waals surface area contributed by atoms with Crippen molar-refractivity contribution in [1.29, 1.82) is 0 Å². The topological polar surface area (TPSA) is 52.9 Å². The van der Waals surface area contributed by atoms with Gasteiger partial charge in [-0.15, -0.1) is 0 Å². The molecular weight excluding hydrogens is 534 g/mol. The van der Waals surface area contributed by atoms with E-state index in [-0.39, 0.29) is 28.9 Å². The van der Waals surface area contributed by atoms with Crippen LogP contribution in [0.1, 0.15) is 44.0 Å². The number of amides is 1. The molecule has 10 heteroatoms.